The third-order valence-corrected chi connectivity index (χ3v) is 4.12. The molecule has 3 heteroatoms. The van der Waals surface area contributed by atoms with Gasteiger partial charge in [-0.15, -0.1) is 0 Å². The molecule has 0 amide bonds. The lowest BCUT2D eigenvalue weighted by molar-refractivity contribution is -0.142. The summed E-state index contributed by atoms with van der Waals surface area (Å²) in [5.74, 6) is -0.194. The van der Waals surface area contributed by atoms with Gasteiger partial charge in [0.2, 0.25) is 0 Å². The lowest BCUT2D eigenvalue weighted by atomic mass is 9.94. The molecule has 0 bridgehead atoms. The Balaban J connectivity index is 2.21. The average Bonchev–Trinajstić information content (AvgIpc) is 2.72. The first-order valence-electron chi connectivity index (χ1n) is 7.02. The van der Waals surface area contributed by atoms with E-state index in [4.69, 9.17) is 0 Å². The molecule has 0 aliphatic carbocycles. The van der Waals surface area contributed by atoms with Crippen molar-refractivity contribution in [1.82, 2.24) is 4.90 Å². The molecule has 0 radical (unpaired) electrons. The fourth-order valence-corrected chi connectivity index (χ4v) is 3.22. The highest BCUT2D eigenvalue weighted by Gasteiger charge is 2.38. The Hall–Kier alpha value is -1.35. The molecule has 3 nitrogen and oxygen atoms in total. The van der Waals surface area contributed by atoms with Gasteiger partial charge in [-0.1, -0.05) is 51.1 Å². The summed E-state index contributed by atoms with van der Waals surface area (Å²) in [5.41, 5.74) is 1.29. The van der Waals surface area contributed by atoms with Crippen LogP contribution in [-0.4, -0.2) is 29.1 Å². The molecule has 0 spiro atoms. The van der Waals surface area contributed by atoms with Gasteiger partial charge in [0.25, 0.3) is 0 Å². The molecule has 1 aromatic carbocycles. The zero-order valence-electron chi connectivity index (χ0n) is 11.9. The highest BCUT2D eigenvalue weighted by Crippen LogP contribution is 2.35. The van der Waals surface area contributed by atoms with Crippen LogP contribution in [0.3, 0.4) is 0 Å². The third kappa shape index (κ3) is 2.98. The first-order chi connectivity index (χ1) is 9.00. The van der Waals surface area contributed by atoms with Crippen molar-refractivity contribution in [2.75, 3.05) is 13.1 Å². The van der Waals surface area contributed by atoms with Crippen LogP contribution in [0.25, 0.3) is 0 Å². The molecule has 3 atom stereocenters. The van der Waals surface area contributed by atoms with E-state index in [0.717, 1.165) is 6.54 Å². The van der Waals surface area contributed by atoms with Crippen LogP contribution in [0, 0.1) is 17.8 Å². The normalized spacial score (nSPS) is 25.7. The number of nitrogens with zero attached hydrogens (tertiary/aromatic N) is 1. The summed E-state index contributed by atoms with van der Waals surface area (Å²) < 4.78 is 0. The number of likely N-dealkylation sites (tertiary alicyclic amines) is 1. The highest BCUT2D eigenvalue weighted by atomic mass is 16.4. The maximum atomic E-state index is 11.3. The van der Waals surface area contributed by atoms with Gasteiger partial charge < -0.3 is 5.11 Å². The van der Waals surface area contributed by atoms with Crippen molar-refractivity contribution in [3.63, 3.8) is 0 Å². The molecule has 3 unspecified atom stereocenters. The van der Waals surface area contributed by atoms with Crippen LogP contribution in [0.1, 0.15) is 32.4 Å². The molecular formula is C16H23NO2. The first kappa shape index (κ1) is 14.1. The maximum Gasteiger partial charge on any atom is 0.308 e. The van der Waals surface area contributed by atoms with Crippen molar-refractivity contribution < 1.29 is 9.90 Å². The van der Waals surface area contributed by atoms with Crippen molar-refractivity contribution in [3.8, 4) is 0 Å². The average molecular weight is 261 g/mol. The van der Waals surface area contributed by atoms with E-state index in [1.54, 1.807) is 0 Å². The highest BCUT2D eigenvalue weighted by molar-refractivity contribution is 5.71. The summed E-state index contributed by atoms with van der Waals surface area (Å²) in [6.07, 6.45) is 0. The fourth-order valence-electron chi connectivity index (χ4n) is 3.22. The van der Waals surface area contributed by atoms with Gasteiger partial charge in [-0.25, -0.2) is 0 Å². The van der Waals surface area contributed by atoms with Gasteiger partial charge in [-0.05, 0) is 17.4 Å². The second kappa shape index (κ2) is 5.74. The molecule has 0 saturated carbocycles. The number of carboxylic acid groups (broad SMARTS) is 1. The number of aliphatic carboxylic acids is 1. The number of carbonyl (C=O) groups is 1. The lowest BCUT2D eigenvalue weighted by Crippen LogP contribution is -2.31. The summed E-state index contributed by atoms with van der Waals surface area (Å²) in [4.78, 5) is 13.6. The van der Waals surface area contributed by atoms with Crippen LogP contribution >= 0.6 is 0 Å². The van der Waals surface area contributed by atoms with E-state index in [1.165, 1.54) is 5.56 Å². The topological polar surface area (TPSA) is 40.5 Å². The minimum Gasteiger partial charge on any atom is -0.481 e. The standard InChI is InChI=1S/C16H23NO2/c1-11(2)15(13-7-5-4-6-8-13)17-9-12(3)14(10-17)16(18)19/h4-8,11-12,14-15H,9-10H2,1-3H3,(H,18,19). The lowest BCUT2D eigenvalue weighted by Gasteiger charge is -2.31. The monoisotopic (exact) mass is 261 g/mol. The zero-order chi connectivity index (χ0) is 14.0. The Morgan fingerprint density at radius 1 is 1.26 bits per heavy atom. The van der Waals surface area contributed by atoms with Crippen LogP contribution < -0.4 is 0 Å². The molecule has 1 N–H and O–H groups in total. The first-order valence-corrected chi connectivity index (χ1v) is 7.02. The molecule has 19 heavy (non-hydrogen) atoms. The Morgan fingerprint density at radius 2 is 1.89 bits per heavy atom. The molecule has 1 heterocycles. The molecule has 1 saturated heterocycles. The largest absolute Gasteiger partial charge is 0.481 e. The smallest absolute Gasteiger partial charge is 0.308 e. The fraction of sp³-hybridized carbons (Fsp3) is 0.562. The molecule has 0 aromatic heterocycles. The summed E-state index contributed by atoms with van der Waals surface area (Å²) in [7, 11) is 0. The summed E-state index contributed by atoms with van der Waals surface area (Å²) in [6, 6.07) is 10.7. The second-order valence-corrected chi connectivity index (χ2v) is 5.98. The molecule has 2 rings (SSSR count). The Morgan fingerprint density at radius 3 is 2.37 bits per heavy atom. The van der Waals surface area contributed by atoms with E-state index in [9.17, 15) is 9.90 Å². The van der Waals surface area contributed by atoms with Gasteiger partial charge in [-0.3, -0.25) is 9.69 Å². The van der Waals surface area contributed by atoms with E-state index >= 15 is 0 Å². The van der Waals surface area contributed by atoms with Crippen molar-refractivity contribution in [2.24, 2.45) is 17.8 Å². The van der Waals surface area contributed by atoms with Gasteiger partial charge in [0.15, 0.2) is 0 Å². The van der Waals surface area contributed by atoms with E-state index in [-0.39, 0.29) is 11.8 Å². The molecule has 1 aliphatic rings. The minimum atomic E-state index is -0.662. The Bertz CT molecular complexity index is 430. The van der Waals surface area contributed by atoms with E-state index in [1.807, 2.05) is 13.0 Å². The van der Waals surface area contributed by atoms with Crippen LogP contribution in [0.15, 0.2) is 30.3 Å². The van der Waals surface area contributed by atoms with Crippen molar-refractivity contribution >= 4 is 5.97 Å². The zero-order valence-corrected chi connectivity index (χ0v) is 11.9. The predicted octanol–water partition coefficient (Wildman–Crippen LogP) is 3.04. The van der Waals surface area contributed by atoms with E-state index in [2.05, 4.69) is 43.0 Å². The van der Waals surface area contributed by atoms with Gasteiger partial charge in [0.1, 0.15) is 0 Å². The van der Waals surface area contributed by atoms with Gasteiger partial charge >= 0.3 is 5.97 Å². The van der Waals surface area contributed by atoms with E-state index in [0.29, 0.717) is 18.5 Å². The van der Waals surface area contributed by atoms with Crippen molar-refractivity contribution in [2.45, 2.75) is 26.8 Å². The van der Waals surface area contributed by atoms with Crippen LogP contribution in [0.4, 0.5) is 0 Å². The summed E-state index contributed by atoms with van der Waals surface area (Å²) in [5, 5.41) is 9.27. The molecule has 104 valence electrons. The number of benzene rings is 1. The van der Waals surface area contributed by atoms with E-state index < -0.39 is 5.97 Å². The Labute approximate surface area is 115 Å². The van der Waals surface area contributed by atoms with Crippen molar-refractivity contribution in [1.29, 1.82) is 0 Å². The van der Waals surface area contributed by atoms with Crippen LogP contribution in [0.2, 0.25) is 0 Å². The number of hydrogen-bond donors (Lipinski definition) is 1. The van der Waals surface area contributed by atoms with Gasteiger partial charge in [0.05, 0.1) is 5.92 Å². The number of rotatable bonds is 4. The van der Waals surface area contributed by atoms with Crippen LogP contribution in [0.5, 0.6) is 0 Å². The summed E-state index contributed by atoms with van der Waals surface area (Å²) in [6.45, 7) is 7.98. The maximum absolute atomic E-state index is 11.3. The van der Waals surface area contributed by atoms with Gasteiger partial charge in [-0.2, -0.15) is 0 Å². The minimum absolute atomic E-state index is 0.225. The molecule has 1 aromatic rings. The van der Waals surface area contributed by atoms with Crippen LogP contribution in [-0.2, 0) is 4.79 Å². The second-order valence-electron chi connectivity index (χ2n) is 5.98. The quantitative estimate of drug-likeness (QED) is 0.905. The third-order valence-electron chi connectivity index (χ3n) is 4.12. The Kier molecular flexibility index (Phi) is 4.25. The molecule has 1 aliphatic heterocycles. The van der Waals surface area contributed by atoms with Crippen molar-refractivity contribution in [3.05, 3.63) is 35.9 Å². The molecule has 1 fully saturated rings. The summed E-state index contributed by atoms with van der Waals surface area (Å²) >= 11 is 0. The predicted molar refractivity (Wildman–Crippen MR) is 75.9 cm³/mol. The number of hydrogen-bond acceptors (Lipinski definition) is 2. The van der Waals surface area contributed by atoms with Gasteiger partial charge in [0, 0.05) is 19.1 Å². The SMILES string of the molecule is CC(C)C(c1ccccc1)N1CC(C)C(C(=O)O)C1. The number of carboxylic acids is 1. The molecular weight excluding hydrogens is 238 g/mol.